The van der Waals surface area contributed by atoms with Crippen LogP contribution < -0.4 is 10.6 Å². The minimum Gasteiger partial charge on any atom is -0.323 e. The van der Waals surface area contributed by atoms with E-state index >= 15 is 0 Å². The fourth-order valence-corrected chi connectivity index (χ4v) is 4.67. The average Bonchev–Trinajstić information content (AvgIpc) is 2.91. The molecular formula is C17H21N3S. The van der Waals surface area contributed by atoms with Gasteiger partial charge >= 0.3 is 0 Å². The summed E-state index contributed by atoms with van der Waals surface area (Å²) < 4.78 is 0. The van der Waals surface area contributed by atoms with Crippen molar-refractivity contribution in [2.24, 2.45) is 5.73 Å². The van der Waals surface area contributed by atoms with Crippen LogP contribution in [0.2, 0.25) is 0 Å². The Balaban J connectivity index is 1.75. The molecule has 4 heteroatoms. The largest absolute Gasteiger partial charge is 0.323 e. The fourth-order valence-electron chi connectivity index (χ4n) is 3.48. The van der Waals surface area contributed by atoms with Gasteiger partial charge in [0.15, 0.2) is 5.13 Å². The van der Waals surface area contributed by atoms with E-state index in [0.717, 1.165) is 24.5 Å². The Morgan fingerprint density at radius 1 is 1.29 bits per heavy atom. The summed E-state index contributed by atoms with van der Waals surface area (Å²) in [5.74, 6) is 0. The molecule has 0 bridgehead atoms. The molecule has 2 aromatic rings. The van der Waals surface area contributed by atoms with Gasteiger partial charge in [-0.1, -0.05) is 29.0 Å². The first-order valence-electron chi connectivity index (χ1n) is 7.84. The SMILES string of the molecule is Cc1ccc2c(c1)CCCN2c1nc2c(s1)C(N)CCC2. The number of aromatic nitrogens is 1. The molecule has 2 aliphatic rings. The third-order valence-electron chi connectivity index (χ3n) is 4.57. The number of anilines is 2. The molecule has 0 saturated carbocycles. The van der Waals surface area contributed by atoms with Gasteiger partial charge in [-0.15, -0.1) is 0 Å². The normalized spacial score (nSPS) is 21.0. The van der Waals surface area contributed by atoms with E-state index in [1.54, 1.807) is 0 Å². The lowest BCUT2D eigenvalue weighted by Gasteiger charge is -2.29. The number of fused-ring (bicyclic) bond motifs is 2. The van der Waals surface area contributed by atoms with Crippen LogP contribution in [0.25, 0.3) is 0 Å². The Morgan fingerprint density at radius 3 is 3.05 bits per heavy atom. The summed E-state index contributed by atoms with van der Waals surface area (Å²) in [4.78, 5) is 8.62. The predicted octanol–water partition coefficient (Wildman–Crippen LogP) is 3.87. The molecule has 4 rings (SSSR count). The zero-order valence-corrected chi connectivity index (χ0v) is 13.2. The lowest BCUT2D eigenvalue weighted by Crippen LogP contribution is -2.24. The van der Waals surface area contributed by atoms with Gasteiger partial charge in [0.2, 0.25) is 0 Å². The van der Waals surface area contributed by atoms with Gasteiger partial charge in [-0.2, -0.15) is 0 Å². The van der Waals surface area contributed by atoms with Gasteiger partial charge in [0.1, 0.15) is 0 Å². The lowest BCUT2D eigenvalue weighted by molar-refractivity contribution is 0.573. The van der Waals surface area contributed by atoms with Crippen LogP contribution in [-0.2, 0) is 12.8 Å². The summed E-state index contributed by atoms with van der Waals surface area (Å²) in [5, 5.41) is 1.14. The van der Waals surface area contributed by atoms with Crippen LogP contribution in [0.3, 0.4) is 0 Å². The van der Waals surface area contributed by atoms with Gasteiger partial charge in [0.05, 0.1) is 5.69 Å². The standard InChI is InChI=1S/C17H21N3S/c1-11-7-8-15-12(10-11)4-3-9-20(15)17-19-14-6-2-5-13(18)16(14)21-17/h7-8,10,13H,2-6,9,18H2,1H3. The maximum Gasteiger partial charge on any atom is 0.190 e. The second-order valence-electron chi connectivity index (χ2n) is 6.19. The van der Waals surface area contributed by atoms with Gasteiger partial charge in [-0.25, -0.2) is 4.98 Å². The van der Waals surface area contributed by atoms with Crippen molar-refractivity contribution in [3.8, 4) is 0 Å². The van der Waals surface area contributed by atoms with E-state index in [4.69, 9.17) is 10.7 Å². The van der Waals surface area contributed by atoms with E-state index in [1.807, 2.05) is 11.3 Å². The molecule has 110 valence electrons. The third kappa shape index (κ3) is 2.27. The molecule has 0 spiro atoms. The van der Waals surface area contributed by atoms with Gasteiger partial charge in [0, 0.05) is 23.2 Å². The zero-order chi connectivity index (χ0) is 14.4. The van der Waals surface area contributed by atoms with E-state index in [1.165, 1.54) is 46.6 Å². The molecule has 1 unspecified atom stereocenters. The molecule has 1 aromatic carbocycles. The Morgan fingerprint density at radius 2 is 2.19 bits per heavy atom. The number of hydrogen-bond donors (Lipinski definition) is 1. The maximum absolute atomic E-state index is 6.26. The Hall–Kier alpha value is -1.39. The van der Waals surface area contributed by atoms with Crippen LogP contribution in [-0.4, -0.2) is 11.5 Å². The molecule has 2 heterocycles. The van der Waals surface area contributed by atoms with E-state index in [0.29, 0.717) is 0 Å². The van der Waals surface area contributed by atoms with Crippen molar-refractivity contribution >= 4 is 22.2 Å². The predicted molar refractivity (Wildman–Crippen MR) is 88.5 cm³/mol. The summed E-state index contributed by atoms with van der Waals surface area (Å²) >= 11 is 1.81. The molecule has 1 aliphatic carbocycles. The Bertz CT molecular complexity index is 677. The average molecular weight is 299 g/mol. The highest BCUT2D eigenvalue weighted by Gasteiger charge is 2.26. The van der Waals surface area contributed by atoms with Crippen molar-refractivity contribution in [2.75, 3.05) is 11.4 Å². The molecule has 1 aliphatic heterocycles. The second-order valence-corrected chi connectivity index (χ2v) is 7.20. The molecule has 0 amide bonds. The van der Waals surface area contributed by atoms with Crippen LogP contribution in [0.4, 0.5) is 10.8 Å². The number of nitrogens with two attached hydrogens (primary N) is 1. The molecule has 1 aromatic heterocycles. The van der Waals surface area contributed by atoms with E-state index in [-0.39, 0.29) is 6.04 Å². The number of benzene rings is 1. The van der Waals surface area contributed by atoms with Crippen molar-refractivity contribution < 1.29 is 0 Å². The third-order valence-corrected chi connectivity index (χ3v) is 5.82. The quantitative estimate of drug-likeness (QED) is 0.869. The number of rotatable bonds is 1. The molecule has 2 N–H and O–H groups in total. The van der Waals surface area contributed by atoms with Gasteiger partial charge in [-0.3, -0.25) is 0 Å². The molecule has 0 fully saturated rings. The molecule has 21 heavy (non-hydrogen) atoms. The number of aryl methyl sites for hydroxylation is 3. The van der Waals surface area contributed by atoms with E-state index in [2.05, 4.69) is 30.0 Å². The fraction of sp³-hybridized carbons (Fsp3) is 0.471. The van der Waals surface area contributed by atoms with Crippen molar-refractivity contribution in [2.45, 2.75) is 45.1 Å². The van der Waals surface area contributed by atoms with Crippen molar-refractivity contribution in [3.05, 3.63) is 39.9 Å². The van der Waals surface area contributed by atoms with Crippen LogP contribution in [0.1, 0.15) is 47.0 Å². The number of nitrogens with zero attached hydrogens (tertiary/aromatic N) is 2. The first-order chi connectivity index (χ1) is 10.2. The minimum atomic E-state index is 0.197. The monoisotopic (exact) mass is 299 g/mol. The summed E-state index contributed by atoms with van der Waals surface area (Å²) in [5.41, 5.74) is 11.6. The van der Waals surface area contributed by atoms with Gasteiger partial charge < -0.3 is 10.6 Å². The second kappa shape index (κ2) is 5.11. The van der Waals surface area contributed by atoms with Crippen LogP contribution in [0.15, 0.2) is 18.2 Å². The first kappa shape index (κ1) is 13.3. The van der Waals surface area contributed by atoms with Gasteiger partial charge in [0.25, 0.3) is 0 Å². The Labute approximate surface area is 129 Å². The van der Waals surface area contributed by atoms with Gasteiger partial charge in [-0.05, 0) is 50.7 Å². The Kier molecular flexibility index (Phi) is 3.23. The van der Waals surface area contributed by atoms with Crippen molar-refractivity contribution in [1.29, 1.82) is 0 Å². The van der Waals surface area contributed by atoms with Crippen LogP contribution in [0.5, 0.6) is 0 Å². The maximum atomic E-state index is 6.26. The molecular weight excluding hydrogens is 278 g/mol. The summed E-state index contributed by atoms with van der Waals surface area (Å²) in [6.07, 6.45) is 5.75. The van der Waals surface area contributed by atoms with Crippen LogP contribution >= 0.6 is 11.3 Å². The number of hydrogen-bond acceptors (Lipinski definition) is 4. The molecule has 1 atom stereocenters. The topological polar surface area (TPSA) is 42.2 Å². The van der Waals surface area contributed by atoms with E-state index < -0.39 is 0 Å². The van der Waals surface area contributed by atoms with Crippen molar-refractivity contribution in [3.63, 3.8) is 0 Å². The summed E-state index contributed by atoms with van der Waals surface area (Å²) in [6, 6.07) is 6.98. The lowest BCUT2D eigenvalue weighted by atomic mass is 9.99. The highest BCUT2D eigenvalue weighted by Crippen LogP contribution is 2.41. The molecule has 0 radical (unpaired) electrons. The minimum absolute atomic E-state index is 0.197. The van der Waals surface area contributed by atoms with E-state index in [9.17, 15) is 0 Å². The molecule has 3 nitrogen and oxygen atoms in total. The highest BCUT2D eigenvalue weighted by molar-refractivity contribution is 7.15. The molecule has 0 saturated heterocycles. The smallest absolute Gasteiger partial charge is 0.190 e. The summed E-state index contributed by atoms with van der Waals surface area (Å²) in [6.45, 7) is 3.23. The first-order valence-corrected chi connectivity index (χ1v) is 8.66. The zero-order valence-electron chi connectivity index (χ0n) is 12.4. The summed E-state index contributed by atoms with van der Waals surface area (Å²) in [7, 11) is 0. The van der Waals surface area contributed by atoms with Crippen LogP contribution in [0, 0.1) is 6.92 Å². The highest BCUT2D eigenvalue weighted by atomic mass is 32.1. The van der Waals surface area contributed by atoms with Crippen molar-refractivity contribution in [1.82, 2.24) is 4.98 Å². The number of thiazole rings is 1.